The number of H-pyrrole nitrogens is 1. The number of nitrogens with zero attached hydrogens (tertiary/aromatic N) is 4. The molecule has 0 aliphatic carbocycles. The van der Waals surface area contributed by atoms with Crippen molar-refractivity contribution >= 4 is 29.0 Å². The number of pyridine rings is 1. The number of benzene rings is 1. The zero-order valence-electron chi connectivity index (χ0n) is 13.6. The second-order valence-electron chi connectivity index (χ2n) is 5.26. The molecule has 0 aliphatic rings. The lowest BCUT2D eigenvalue weighted by Crippen LogP contribution is -2.22. The standard InChI is InChI=1S/C16H14N6O3S/c1-10(15(23)18-12-4-6-13(7-5-12)22(24)25)26-16-19-14(20-21-16)11-3-2-8-17-9-11/h2-10H,1H3,(H,18,23)(H,19,20,21). The number of hydrogen-bond donors (Lipinski definition) is 2. The van der Waals surface area contributed by atoms with E-state index in [1.54, 1.807) is 25.4 Å². The van der Waals surface area contributed by atoms with E-state index in [4.69, 9.17) is 0 Å². The van der Waals surface area contributed by atoms with E-state index in [0.29, 0.717) is 16.7 Å². The third-order valence-electron chi connectivity index (χ3n) is 3.40. The Morgan fingerprint density at radius 1 is 1.31 bits per heavy atom. The van der Waals surface area contributed by atoms with Gasteiger partial charge in [-0.15, -0.1) is 5.10 Å². The summed E-state index contributed by atoms with van der Waals surface area (Å²) in [5, 5.41) is 20.2. The van der Waals surface area contributed by atoms with Crippen molar-refractivity contribution in [3.05, 3.63) is 58.9 Å². The van der Waals surface area contributed by atoms with E-state index < -0.39 is 10.2 Å². The van der Waals surface area contributed by atoms with Gasteiger partial charge in [-0.05, 0) is 31.2 Å². The number of amides is 1. The van der Waals surface area contributed by atoms with Crippen molar-refractivity contribution in [2.24, 2.45) is 0 Å². The zero-order chi connectivity index (χ0) is 18.5. The Bertz CT molecular complexity index is 913. The second kappa shape index (κ2) is 7.74. The Morgan fingerprint density at radius 2 is 2.08 bits per heavy atom. The predicted molar refractivity (Wildman–Crippen MR) is 96.7 cm³/mol. The van der Waals surface area contributed by atoms with Crippen molar-refractivity contribution in [3.8, 4) is 11.4 Å². The smallest absolute Gasteiger partial charge is 0.269 e. The lowest BCUT2D eigenvalue weighted by Gasteiger charge is -2.09. The Hall–Kier alpha value is -3.27. The molecule has 0 saturated carbocycles. The second-order valence-corrected chi connectivity index (χ2v) is 6.57. The van der Waals surface area contributed by atoms with Crippen LogP contribution in [-0.4, -0.2) is 36.2 Å². The largest absolute Gasteiger partial charge is 0.325 e. The molecule has 0 saturated heterocycles. The first kappa shape index (κ1) is 17.5. The van der Waals surface area contributed by atoms with Crippen molar-refractivity contribution in [3.63, 3.8) is 0 Å². The third-order valence-corrected chi connectivity index (χ3v) is 4.36. The first-order valence-corrected chi connectivity index (χ1v) is 8.45. The van der Waals surface area contributed by atoms with Gasteiger partial charge in [-0.1, -0.05) is 11.8 Å². The van der Waals surface area contributed by atoms with Crippen LogP contribution in [0.15, 0.2) is 53.9 Å². The molecule has 1 amide bonds. The van der Waals surface area contributed by atoms with Crippen LogP contribution in [0.25, 0.3) is 11.4 Å². The maximum atomic E-state index is 12.3. The first-order valence-electron chi connectivity index (χ1n) is 7.57. The van der Waals surface area contributed by atoms with Crippen LogP contribution in [0.1, 0.15) is 6.92 Å². The molecule has 0 fully saturated rings. The minimum absolute atomic E-state index is 0.0333. The average Bonchev–Trinajstić information content (AvgIpc) is 3.11. The summed E-state index contributed by atoms with van der Waals surface area (Å²) in [6.07, 6.45) is 3.33. The molecule has 26 heavy (non-hydrogen) atoms. The van der Waals surface area contributed by atoms with Crippen LogP contribution in [-0.2, 0) is 4.79 Å². The number of thioether (sulfide) groups is 1. The maximum Gasteiger partial charge on any atom is 0.269 e. The number of carbonyl (C=O) groups excluding carboxylic acids is 1. The number of anilines is 1. The molecule has 9 nitrogen and oxygen atoms in total. The molecule has 2 heterocycles. The van der Waals surface area contributed by atoms with E-state index in [9.17, 15) is 14.9 Å². The molecule has 0 aliphatic heterocycles. The van der Waals surface area contributed by atoms with Crippen LogP contribution in [0.4, 0.5) is 11.4 Å². The minimum atomic E-state index is -0.493. The van der Waals surface area contributed by atoms with Gasteiger partial charge in [0.15, 0.2) is 5.82 Å². The van der Waals surface area contributed by atoms with E-state index >= 15 is 0 Å². The molecular weight excluding hydrogens is 356 g/mol. The molecule has 2 aromatic heterocycles. The highest BCUT2D eigenvalue weighted by Gasteiger charge is 2.18. The molecule has 10 heteroatoms. The van der Waals surface area contributed by atoms with Crippen molar-refractivity contribution in [1.29, 1.82) is 0 Å². The van der Waals surface area contributed by atoms with Crippen LogP contribution < -0.4 is 5.32 Å². The zero-order valence-corrected chi connectivity index (χ0v) is 14.4. The van der Waals surface area contributed by atoms with Crippen molar-refractivity contribution in [2.75, 3.05) is 5.32 Å². The van der Waals surface area contributed by atoms with Crippen LogP contribution in [0.5, 0.6) is 0 Å². The van der Waals surface area contributed by atoms with Gasteiger partial charge in [-0.25, -0.2) is 4.98 Å². The summed E-state index contributed by atoms with van der Waals surface area (Å²) in [7, 11) is 0. The van der Waals surface area contributed by atoms with Gasteiger partial charge in [0.25, 0.3) is 5.69 Å². The molecule has 1 unspecified atom stereocenters. The SMILES string of the molecule is CC(Sc1n[nH]c(-c2cccnc2)n1)C(=O)Nc1ccc([N+](=O)[O-])cc1. The lowest BCUT2D eigenvalue weighted by atomic mass is 10.3. The van der Waals surface area contributed by atoms with E-state index in [2.05, 4.69) is 25.5 Å². The fourth-order valence-corrected chi connectivity index (χ4v) is 2.78. The van der Waals surface area contributed by atoms with Gasteiger partial charge < -0.3 is 5.32 Å². The fraction of sp³-hybridized carbons (Fsp3) is 0.125. The highest BCUT2D eigenvalue weighted by molar-refractivity contribution is 8.00. The van der Waals surface area contributed by atoms with Gasteiger partial charge in [0.05, 0.1) is 10.2 Å². The fourth-order valence-electron chi connectivity index (χ4n) is 2.05. The minimum Gasteiger partial charge on any atom is -0.325 e. The number of nitro groups is 1. The maximum absolute atomic E-state index is 12.3. The van der Waals surface area contributed by atoms with E-state index in [1.807, 2.05) is 6.07 Å². The molecule has 1 aromatic carbocycles. The number of carbonyl (C=O) groups is 1. The Morgan fingerprint density at radius 3 is 2.73 bits per heavy atom. The van der Waals surface area contributed by atoms with Crippen LogP contribution in [0.2, 0.25) is 0 Å². The molecule has 0 bridgehead atoms. The highest BCUT2D eigenvalue weighted by Crippen LogP contribution is 2.23. The van der Waals surface area contributed by atoms with Crippen molar-refractivity contribution in [2.45, 2.75) is 17.3 Å². The summed E-state index contributed by atoms with van der Waals surface area (Å²) < 4.78 is 0. The van der Waals surface area contributed by atoms with Crippen LogP contribution in [0.3, 0.4) is 0 Å². The summed E-state index contributed by atoms with van der Waals surface area (Å²) in [6, 6.07) is 9.30. The summed E-state index contributed by atoms with van der Waals surface area (Å²) in [4.78, 5) is 30.8. The lowest BCUT2D eigenvalue weighted by molar-refractivity contribution is -0.384. The number of nitrogens with one attached hydrogen (secondary N) is 2. The number of hydrogen-bond acceptors (Lipinski definition) is 7. The van der Waals surface area contributed by atoms with Gasteiger partial charge in [0.1, 0.15) is 0 Å². The van der Waals surface area contributed by atoms with Crippen molar-refractivity contribution in [1.82, 2.24) is 20.2 Å². The molecule has 0 spiro atoms. The number of rotatable bonds is 6. The summed E-state index contributed by atoms with van der Waals surface area (Å²) in [5.74, 6) is 0.320. The quantitative estimate of drug-likeness (QED) is 0.388. The average molecular weight is 370 g/mol. The van der Waals surface area contributed by atoms with Crippen molar-refractivity contribution < 1.29 is 9.72 Å². The summed E-state index contributed by atoms with van der Waals surface area (Å²) >= 11 is 1.20. The molecule has 2 N–H and O–H groups in total. The van der Waals surface area contributed by atoms with E-state index in [0.717, 1.165) is 5.56 Å². The Balaban J connectivity index is 1.61. The number of nitro benzene ring substituents is 1. The molecule has 3 rings (SSSR count). The molecule has 132 valence electrons. The first-order chi connectivity index (χ1) is 12.5. The molecule has 1 atom stereocenters. The summed E-state index contributed by atoms with van der Waals surface area (Å²) in [5.41, 5.74) is 1.25. The summed E-state index contributed by atoms with van der Waals surface area (Å²) in [6.45, 7) is 1.73. The van der Waals surface area contributed by atoms with E-state index in [1.165, 1.54) is 36.0 Å². The van der Waals surface area contributed by atoms with Gasteiger partial charge >= 0.3 is 0 Å². The predicted octanol–water partition coefficient (Wildman–Crippen LogP) is 2.89. The highest BCUT2D eigenvalue weighted by atomic mass is 32.2. The van der Waals surface area contributed by atoms with Crippen LogP contribution in [0, 0.1) is 10.1 Å². The topological polar surface area (TPSA) is 127 Å². The monoisotopic (exact) mass is 370 g/mol. The normalized spacial score (nSPS) is 11.7. The van der Waals surface area contributed by atoms with Gasteiger partial charge in [0.2, 0.25) is 11.1 Å². The number of aromatic nitrogens is 4. The van der Waals surface area contributed by atoms with E-state index in [-0.39, 0.29) is 11.6 Å². The Labute approximate surface area is 152 Å². The number of non-ortho nitro benzene ring substituents is 1. The molecule has 3 aromatic rings. The van der Waals surface area contributed by atoms with Gasteiger partial charge in [0, 0.05) is 35.8 Å². The molecular formula is C16H14N6O3S. The Kier molecular flexibility index (Phi) is 5.23. The number of aromatic amines is 1. The van der Waals surface area contributed by atoms with Crippen LogP contribution >= 0.6 is 11.8 Å². The van der Waals surface area contributed by atoms with Gasteiger partial charge in [-0.2, -0.15) is 0 Å². The molecule has 0 radical (unpaired) electrons. The third kappa shape index (κ3) is 4.22. The van der Waals surface area contributed by atoms with Gasteiger partial charge in [-0.3, -0.25) is 25.0 Å².